The Labute approximate surface area is 99.6 Å². The van der Waals surface area contributed by atoms with Crippen molar-refractivity contribution in [1.29, 1.82) is 0 Å². The summed E-state index contributed by atoms with van der Waals surface area (Å²) in [5.41, 5.74) is 1.23. The van der Waals surface area contributed by atoms with Gasteiger partial charge in [0.2, 0.25) is 0 Å². The van der Waals surface area contributed by atoms with E-state index in [0.717, 1.165) is 16.8 Å². The van der Waals surface area contributed by atoms with Crippen molar-refractivity contribution in [2.75, 3.05) is 6.54 Å². The minimum Gasteiger partial charge on any atom is -0.308 e. The van der Waals surface area contributed by atoms with E-state index in [1.807, 2.05) is 11.7 Å². The molecule has 0 aromatic carbocycles. The molecule has 4 nitrogen and oxygen atoms in total. The van der Waals surface area contributed by atoms with E-state index in [-0.39, 0.29) is 11.5 Å². The maximum atomic E-state index is 4.02. The quantitative estimate of drug-likeness (QED) is 0.920. The van der Waals surface area contributed by atoms with Gasteiger partial charge < -0.3 is 5.32 Å². The van der Waals surface area contributed by atoms with Crippen LogP contribution in [-0.2, 0) is 7.05 Å². The normalized spacial score (nSPS) is 14.3. The summed E-state index contributed by atoms with van der Waals surface area (Å²) in [6.45, 7) is 9.66. The first kappa shape index (κ1) is 12.6. The molecule has 1 aromatic rings. The number of hydrogen-bond acceptors (Lipinski definition) is 3. The van der Waals surface area contributed by atoms with Gasteiger partial charge in [0.25, 0.3) is 0 Å². The number of rotatable bonds is 3. The Morgan fingerprint density at radius 3 is 2.40 bits per heavy atom. The van der Waals surface area contributed by atoms with Gasteiger partial charge >= 0.3 is 0 Å². The van der Waals surface area contributed by atoms with Crippen molar-refractivity contribution in [3.63, 3.8) is 0 Å². The molecule has 0 radical (unpaired) electrons. The van der Waals surface area contributed by atoms with Crippen LogP contribution < -0.4 is 5.32 Å². The molecule has 1 atom stereocenters. The third-order valence-corrected chi connectivity index (χ3v) is 2.94. The molecule has 0 saturated heterocycles. The van der Waals surface area contributed by atoms with Crippen molar-refractivity contribution < 1.29 is 0 Å². The van der Waals surface area contributed by atoms with Crippen LogP contribution in [0.15, 0.2) is 4.60 Å². The molecule has 0 spiro atoms. The lowest BCUT2D eigenvalue weighted by Gasteiger charge is -2.31. The minimum absolute atomic E-state index is 0.133. The van der Waals surface area contributed by atoms with Crippen molar-refractivity contribution in [2.45, 2.75) is 33.7 Å². The van der Waals surface area contributed by atoms with Gasteiger partial charge in [-0.1, -0.05) is 32.9 Å². The summed E-state index contributed by atoms with van der Waals surface area (Å²) < 4.78 is 2.65. The van der Waals surface area contributed by atoms with Gasteiger partial charge in [-0.3, -0.25) is 0 Å². The van der Waals surface area contributed by atoms with E-state index in [1.54, 1.807) is 0 Å². The van der Waals surface area contributed by atoms with Crippen LogP contribution in [0, 0.1) is 5.41 Å². The topological polar surface area (TPSA) is 42.7 Å². The molecule has 15 heavy (non-hydrogen) atoms. The molecule has 1 rings (SSSR count). The zero-order chi connectivity index (χ0) is 11.6. The Morgan fingerprint density at radius 1 is 1.47 bits per heavy atom. The standard InChI is InChI=1S/C10H19BrN4/c1-6-12-8(10(2,3)4)7-9(11)13-14-15(7)5/h8,12H,6H2,1-5H3. The van der Waals surface area contributed by atoms with Crippen molar-refractivity contribution in [1.82, 2.24) is 20.3 Å². The van der Waals surface area contributed by atoms with E-state index in [2.05, 4.69) is 59.3 Å². The number of nitrogens with one attached hydrogen (secondary N) is 1. The second kappa shape index (κ2) is 4.61. The van der Waals surface area contributed by atoms with E-state index in [0.29, 0.717) is 0 Å². The van der Waals surface area contributed by atoms with Crippen LogP contribution in [0.5, 0.6) is 0 Å². The fraction of sp³-hybridized carbons (Fsp3) is 0.800. The monoisotopic (exact) mass is 274 g/mol. The molecule has 0 bridgehead atoms. The molecule has 5 heteroatoms. The maximum Gasteiger partial charge on any atom is 0.153 e. The molecule has 86 valence electrons. The number of aryl methyl sites for hydroxylation is 1. The third-order valence-electron chi connectivity index (χ3n) is 2.37. The highest BCUT2D eigenvalue weighted by molar-refractivity contribution is 9.10. The second-order valence-corrected chi connectivity index (χ2v) is 5.50. The van der Waals surface area contributed by atoms with E-state index in [4.69, 9.17) is 0 Å². The Kier molecular flexibility index (Phi) is 3.89. The Balaban J connectivity index is 3.10. The van der Waals surface area contributed by atoms with Crippen LogP contribution in [0.4, 0.5) is 0 Å². The molecule has 0 fully saturated rings. The van der Waals surface area contributed by atoms with Crippen molar-refractivity contribution in [2.24, 2.45) is 12.5 Å². The van der Waals surface area contributed by atoms with Crippen LogP contribution in [0.1, 0.15) is 39.4 Å². The number of aromatic nitrogens is 3. The lowest BCUT2D eigenvalue weighted by molar-refractivity contribution is 0.264. The molecular formula is C10H19BrN4. The summed E-state index contributed by atoms with van der Waals surface area (Å²) in [5.74, 6) is 0. The van der Waals surface area contributed by atoms with Gasteiger partial charge in [-0.15, -0.1) is 5.10 Å². The molecule has 1 N–H and O–H groups in total. The molecule has 0 saturated carbocycles. The predicted molar refractivity (Wildman–Crippen MR) is 64.6 cm³/mol. The van der Waals surface area contributed by atoms with E-state index < -0.39 is 0 Å². The fourth-order valence-electron chi connectivity index (χ4n) is 1.66. The smallest absolute Gasteiger partial charge is 0.153 e. The summed E-state index contributed by atoms with van der Waals surface area (Å²) in [5, 5.41) is 11.5. The predicted octanol–water partition coefficient (Wildman–Crippen LogP) is 2.27. The summed E-state index contributed by atoms with van der Waals surface area (Å²) in [4.78, 5) is 0. The molecule has 1 heterocycles. The lowest BCUT2D eigenvalue weighted by atomic mass is 9.85. The van der Waals surface area contributed by atoms with Crippen LogP contribution >= 0.6 is 15.9 Å². The van der Waals surface area contributed by atoms with Gasteiger partial charge in [0.1, 0.15) is 0 Å². The molecule has 1 aromatic heterocycles. The van der Waals surface area contributed by atoms with Gasteiger partial charge in [-0.05, 0) is 27.9 Å². The molecule has 0 amide bonds. The second-order valence-electron chi connectivity index (χ2n) is 4.75. The Morgan fingerprint density at radius 2 is 2.07 bits per heavy atom. The zero-order valence-corrected chi connectivity index (χ0v) is 11.6. The van der Waals surface area contributed by atoms with E-state index in [1.165, 1.54) is 0 Å². The summed E-state index contributed by atoms with van der Waals surface area (Å²) in [6, 6.07) is 0.247. The van der Waals surface area contributed by atoms with Crippen molar-refractivity contribution in [3.8, 4) is 0 Å². The molecule has 0 aliphatic rings. The van der Waals surface area contributed by atoms with Gasteiger partial charge in [-0.2, -0.15) is 0 Å². The summed E-state index contributed by atoms with van der Waals surface area (Å²) in [7, 11) is 1.92. The van der Waals surface area contributed by atoms with Crippen molar-refractivity contribution in [3.05, 3.63) is 10.3 Å². The summed E-state index contributed by atoms with van der Waals surface area (Å²) >= 11 is 3.45. The van der Waals surface area contributed by atoms with Crippen LogP contribution in [0.2, 0.25) is 0 Å². The van der Waals surface area contributed by atoms with Crippen molar-refractivity contribution >= 4 is 15.9 Å². The first-order chi connectivity index (χ1) is 6.88. The SMILES string of the molecule is CCNC(c1c(Br)nnn1C)C(C)(C)C. The number of hydrogen-bond donors (Lipinski definition) is 1. The average molecular weight is 275 g/mol. The van der Waals surface area contributed by atoms with Crippen LogP contribution in [-0.4, -0.2) is 21.5 Å². The third kappa shape index (κ3) is 2.78. The first-order valence-corrected chi connectivity index (χ1v) is 5.95. The molecular weight excluding hydrogens is 256 g/mol. The van der Waals surface area contributed by atoms with Gasteiger partial charge in [0.05, 0.1) is 11.7 Å². The minimum atomic E-state index is 0.133. The highest BCUT2D eigenvalue weighted by atomic mass is 79.9. The Hall–Kier alpha value is -0.420. The molecule has 1 unspecified atom stereocenters. The van der Waals surface area contributed by atoms with Crippen LogP contribution in [0.25, 0.3) is 0 Å². The fourth-order valence-corrected chi connectivity index (χ4v) is 2.22. The number of halogens is 1. The highest BCUT2D eigenvalue weighted by Gasteiger charge is 2.30. The van der Waals surface area contributed by atoms with Gasteiger partial charge in [0, 0.05) is 7.05 Å². The highest BCUT2D eigenvalue weighted by Crippen LogP contribution is 2.34. The lowest BCUT2D eigenvalue weighted by Crippen LogP contribution is -2.34. The van der Waals surface area contributed by atoms with E-state index >= 15 is 0 Å². The zero-order valence-electron chi connectivity index (χ0n) is 10.0. The summed E-state index contributed by atoms with van der Waals surface area (Å²) in [6.07, 6.45) is 0. The maximum absolute atomic E-state index is 4.02. The number of nitrogens with zero attached hydrogens (tertiary/aromatic N) is 3. The van der Waals surface area contributed by atoms with E-state index in [9.17, 15) is 0 Å². The first-order valence-electron chi connectivity index (χ1n) is 5.16. The van der Waals surface area contributed by atoms with Crippen LogP contribution in [0.3, 0.4) is 0 Å². The molecule has 0 aliphatic heterocycles. The largest absolute Gasteiger partial charge is 0.308 e. The van der Waals surface area contributed by atoms with Gasteiger partial charge in [0.15, 0.2) is 4.60 Å². The Bertz CT molecular complexity index is 307. The van der Waals surface area contributed by atoms with Gasteiger partial charge in [-0.25, -0.2) is 4.68 Å². The molecule has 0 aliphatic carbocycles. The average Bonchev–Trinajstić information content (AvgIpc) is 2.41.